The van der Waals surface area contributed by atoms with Crippen LogP contribution in [0.15, 0.2) is 47.7 Å². The molecule has 1 amide bonds. The third-order valence-electron chi connectivity index (χ3n) is 6.30. The Balaban J connectivity index is 1.44. The number of azide groups is 1. The number of nitrogens with zero attached hydrogens (tertiary/aromatic N) is 5. The highest BCUT2D eigenvalue weighted by Crippen LogP contribution is 2.28. The molecule has 222 valence electrons. The van der Waals surface area contributed by atoms with Crippen molar-refractivity contribution in [2.75, 3.05) is 71.2 Å². The van der Waals surface area contributed by atoms with E-state index in [-0.39, 0.29) is 18.9 Å². The summed E-state index contributed by atoms with van der Waals surface area (Å²) in [5.74, 6) is -0.300. The number of benzene rings is 1. The third-order valence-corrected chi connectivity index (χ3v) is 6.30. The monoisotopic (exact) mass is 570 g/mol. The molecule has 2 heterocycles. The summed E-state index contributed by atoms with van der Waals surface area (Å²) in [6.45, 7) is 4.36. The number of anilines is 1. The summed E-state index contributed by atoms with van der Waals surface area (Å²) in [5.41, 5.74) is 10.1. The highest BCUT2D eigenvalue weighted by atomic mass is 16.5. The van der Waals surface area contributed by atoms with Gasteiger partial charge in [0.05, 0.1) is 58.6 Å². The zero-order valence-electron chi connectivity index (χ0n) is 23.2. The zero-order chi connectivity index (χ0) is 29.1. The molecule has 13 nitrogen and oxygen atoms in total. The molecule has 1 aromatic carbocycles. The van der Waals surface area contributed by atoms with Crippen LogP contribution in [0.25, 0.3) is 10.4 Å². The molecule has 2 aromatic rings. The average molecular weight is 571 g/mol. The van der Waals surface area contributed by atoms with Crippen LogP contribution in [-0.2, 0) is 36.8 Å². The zero-order valence-corrected chi connectivity index (χ0v) is 23.2. The second-order valence-electron chi connectivity index (χ2n) is 9.32. The van der Waals surface area contributed by atoms with Gasteiger partial charge in [0.15, 0.2) is 0 Å². The molecule has 0 fully saturated rings. The van der Waals surface area contributed by atoms with Crippen LogP contribution in [0.3, 0.4) is 0 Å². The number of carboxylic acid groups (broad SMARTS) is 1. The number of aliphatic carboxylic acids is 1. The Bertz CT molecular complexity index is 1130. The van der Waals surface area contributed by atoms with Gasteiger partial charge in [-0.3, -0.25) is 9.59 Å². The molecule has 2 N–H and O–H groups in total. The lowest BCUT2D eigenvalue weighted by molar-refractivity contribution is -0.145. The van der Waals surface area contributed by atoms with Gasteiger partial charge in [-0.2, -0.15) is 0 Å². The fraction of sp³-hybridized carbons (Fsp3) is 0.536. The molecule has 0 radical (unpaired) electrons. The third kappa shape index (κ3) is 12.0. The van der Waals surface area contributed by atoms with Gasteiger partial charge in [-0.05, 0) is 53.8 Å². The molecule has 41 heavy (non-hydrogen) atoms. The number of pyridine rings is 1. The van der Waals surface area contributed by atoms with E-state index in [2.05, 4.69) is 20.3 Å². The van der Waals surface area contributed by atoms with Crippen molar-refractivity contribution in [1.82, 2.24) is 9.88 Å². The molecule has 1 aromatic heterocycles. The van der Waals surface area contributed by atoms with Crippen molar-refractivity contribution in [1.29, 1.82) is 0 Å². The first-order chi connectivity index (χ1) is 20.1. The fourth-order valence-electron chi connectivity index (χ4n) is 4.31. The van der Waals surface area contributed by atoms with Crippen molar-refractivity contribution in [2.45, 2.75) is 25.8 Å². The van der Waals surface area contributed by atoms with Crippen molar-refractivity contribution in [3.05, 3.63) is 64.2 Å². The number of nitrogens with one attached hydrogen (secondary N) is 1. The number of carbonyl (C=O) groups is 2. The maximum absolute atomic E-state index is 13.2. The predicted molar refractivity (Wildman–Crippen MR) is 151 cm³/mol. The number of ether oxygens (including phenoxy) is 4. The SMILES string of the molecule is [N-]=[N+]=NCCOCCOCCOCCN1Cc2cc(OCCCNc3ccccn3)ccc2C[C@@H](CC(=O)O)C1=O. The minimum atomic E-state index is -0.999. The maximum Gasteiger partial charge on any atom is 0.304 e. The van der Waals surface area contributed by atoms with Gasteiger partial charge in [-0.15, -0.1) is 0 Å². The van der Waals surface area contributed by atoms with Gasteiger partial charge in [0.2, 0.25) is 5.91 Å². The Kier molecular flexibility index (Phi) is 14.2. The minimum absolute atomic E-state index is 0.190. The molecule has 1 atom stereocenters. The van der Waals surface area contributed by atoms with E-state index in [0.29, 0.717) is 71.5 Å². The Morgan fingerprint density at radius 1 is 1.07 bits per heavy atom. The molecule has 0 spiro atoms. The number of hydrogen-bond donors (Lipinski definition) is 2. The number of amides is 1. The summed E-state index contributed by atoms with van der Waals surface area (Å²) >= 11 is 0. The largest absolute Gasteiger partial charge is 0.494 e. The van der Waals surface area contributed by atoms with E-state index in [1.54, 1.807) is 11.1 Å². The number of rotatable bonds is 20. The van der Waals surface area contributed by atoms with Gasteiger partial charge in [-0.25, -0.2) is 4.98 Å². The summed E-state index contributed by atoms with van der Waals surface area (Å²) in [6, 6.07) is 11.4. The molecule has 0 bridgehead atoms. The van der Waals surface area contributed by atoms with Crippen molar-refractivity contribution >= 4 is 17.7 Å². The van der Waals surface area contributed by atoms with Crippen LogP contribution in [0.1, 0.15) is 24.0 Å². The van der Waals surface area contributed by atoms with Crippen molar-refractivity contribution in [3.8, 4) is 5.75 Å². The summed E-state index contributed by atoms with van der Waals surface area (Å²) in [4.78, 5) is 33.2. The standard InChI is InChI=1S/C28H38N6O7/c29-33-32-9-12-38-14-16-40-17-15-39-13-10-34-21-24-19-25(41-11-3-8-31-26-4-1-2-7-30-26)6-5-22(24)18-23(28(34)37)20-27(35)36/h1-2,4-7,19,23H,3,8-18,20-21H2,(H,30,31)(H,35,36)/t23-/m0/s1. The van der Waals surface area contributed by atoms with E-state index >= 15 is 0 Å². The van der Waals surface area contributed by atoms with Crippen LogP contribution < -0.4 is 10.1 Å². The van der Waals surface area contributed by atoms with Crippen LogP contribution in [0.4, 0.5) is 5.82 Å². The van der Waals surface area contributed by atoms with Gasteiger partial charge >= 0.3 is 5.97 Å². The highest BCUT2D eigenvalue weighted by molar-refractivity contribution is 5.84. The Hall–Kier alpha value is -3.90. The quantitative estimate of drug-likeness (QED) is 0.105. The number of carbonyl (C=O) groups excluding carboxylic acids is 1. The van der Waals surface area contributed by atoms with Crippen molar-refractivity contribution in [2.24, 2.45) is 11.0 Å². The lowest BCUT2D eigenvalue weighted by Gasteiger charge is -2.24. The molecule has 0 aliphatic carbocycles. The molecule has 1 aliphatic heterocycles. The molecule has 3 rings (SSSR count). The molecule has 1 aliphatic rings. The number of carboxylic acids is 1. The molecular formula is C28H38N6O7. The number of hydrogen-bond acceptors (Lipinski definition) is 9. The normalized spacial score (nSPS) is 14.6. The van der Waals surface area contributed by atoms with Crippen LogP contribution in [0.5, 0.6) is 5.75 Å². The molecule has 0 saturated heterocycles. The molecule has 13 heteroatoms. The van der Waals surface area contributed by atoms with E-state index in [1.165, 1.54) is 0 Å². The highest BCUT2D eigenvalue weighted by Gasteiger charge is 2.31. The summed E-state index contributed by atoms with van der Waals surface area (Å²) in [6.07, 6.45) is 2.66. The summed E-state index contributed by atoms with van der Waals surface area (Å²) < 4.78 is 22.3. The van der Waals surface area contributed by atoms with E-state index in [0.717, 1.165) is 29.9 Å². The number of aromatic nitrogens is 1. The van der Waals surface area contributed by atoms with Gasteiger partial charge in [0.25, 0.3) is 0 Å². The van der Waals surface area contributed by atoms with Crippen LogP contribution in [0.2, 0.25) is 0 Å². The maximum atomic E-state index is 13.2. The van der Waals surface area contributed by atoms with Gasteiger partial charge < -0.3 is 34.3 Å². The second-order valence-corrected chi connectivity index (χ2v) is 9.32. The average Bonchev–Trinajstić information content (AvgIpc) is 3.09. The topological polar surface area (TPSA) is 168 Å². The first kappa shape index (κ1) is 31.6. The molecule has 0 unspecified atom stereocenters. The Morgan fingerprint density at radius 2 is 1.85 bits per heavy atom. The van der Waals surface area contributed by atoms with Crippen LogP contribution >= 0.6 is 0 Å². The van der Waals surface area contributed by atoms with Crippen LogP contribution in [0, 0.1) is 5.92 Å². The predicted octanol–water partition coefficient (Wildman–Crippen LogP) is 3.30. The van der Waals surface area contributed by atoms with Crippen molar-refractivity contribution < 1.29 is 33.6 Å². The van der Waals surface area contributed by atoms with E-state index in [9.17, 15) is 14.7 Å². The van der Waals surface area contributed by atoms with Gasteiger partial charge in [0.1, 0.15) is 11.6 Å². The van der Waals surface area contributed by atoms with E-state index < -0.39 is 11.9 Å². The molecule has 0 saturated carbocycles. The smallest absolute Gasteiger partial charge is 0.304 e. The minimum Gasteiger partial charge on any atom is -0.494 e. The van der Waals surface area contributed by atoms with E-state index in [1.807, 2.05) is 36.4 Å². The van der Waals surface area contributed by atoms with E-state index in [4.69, 9.17) is 24.5 Å². The molecular weight excluding hydrogens is 532 g/mol. The number of fused-ring (bicyclic) bond motifs is 1. The first-order valence-electron chi connectivity index (χ1n) is 13.7. The summed E-state index contributed by atoms with van der Waals surface area (Å²) in [5, 5.41) is 16.0. The van der Waals surface area contributed by atoms with Gasteiger partial charge in [-0.1, -0.05) is 17.2 Å². The first-order valence-corrected chi connectivity index (χ1v) is 13.7. The van der Waals surface area contributed by atoms with Crippen molar-refractivity contribution in [3.63, 3.8) is 0 Å². The Labute approximate surface area is 239 Å². The van der Waals surface area contributed by atoms with Gasteiger partial charge in [0, 0.05) is 37.3 Å². The van der Waals surface area contributed by atoms with Crippen LogP contribution in [-0.4, -0.2) is 92.7 Å². The second kappa shape index (κ2) is 18.4. The lowest BCUT2D eigenvalue weighted by Crippen LogP contribution is -2.37. The lowest BCUT2D eigenvalue weighted by atomic mass is 9.94. The summed E-state index contributed by atoms with van der Waals surface area (Å²) in [7, 11) is 0. The Morgan fingerprint density at radius 3 is 2.59 bits per heavy atom. The fourth-order valence-corrected chi connectivity index (χ4v) is 4.31.